The molecule has 160 valence electrons. The monoisotopic (exact) mass is 427 g/mol. The number of methoxy groups -OCH3 is 1. The number of ether oxygens (including phenoxy) is 1. The highest BCUT2D eigenvalue weighted by Crippen LogP contribution is 2.21. The van der Waals surface area contributed by atoms with Gasteiger partial charge in [0.2, 0.25) is 0 Å². The summed E-state index contributed by atoms with van der Waals surface area (Å²) < 4.78 is 10.2. The molecule has 0 aliphatic rings. The van der Waals surface area contributed by atoms with Crippen LogP contribution in [0.3, 0.4) is 0 Å². The quantitative estimate of drug-likeness (QED) is 0.372. The van der Waals surface area contributed by atoms with Crippen LogP contribution in [0.4, 0.5) is 0 Å². The van der Waals surface area contributed by atoms with Gasteiger partial charge in [-0.2, -0.15) is 0 Å². The Hall–Kier alpha value is -4.19. The van der Waals surface area contributed by atoms with Gasteiger partial charge in [0, 0.05) is 17.4 Å². The van der Waals surface area contributed by atoms with Crippen LogP contribution in [0.15, 0.2) is 94.1 Å². The average Bonchev–Trinajstić information content (AvgIpc) is 2.83. The molecular weight excluding hydrogens is 406 g/mol. The molecule has 4 rings (SSSR count). The summed E-state index contributed by atoms with van der Waals surface area (Å²) in [4.78, 5) is 37.3. The summed E-state index contributed by atoms with van der Waals surface area (Å²) in [5, 5.41) is 3.54. The van der Waals surface area contributed by atoms with E-state index in [2.05, 4.69) is 5.32 Å². The summed E-state index contributed by atoms with van der Waals surface area (Å²) in [7, 11) is 1.29. The van der Waals surface area contributed by atoms with Crippen LogP contribution in [0.2, 0.25) is 0 Å². The molecule has 0 fully saturated rings. The molecule has 0 radical (unpaired) electrons. The summed E-state index contributed by atoms with van der Waals surface area (Å²) in [5.74, 6) is -0.930. The molecule has 1 atom stereocenters. The topological polar surface area (TPSA) is 85.6 Å². The third-order valence-corrected chi connectivity index (χ3v) is 5.17. The highest BCUT2D eigenvalue weighted by Gasteiger charge is 2.22. The zero-order valence-corrected chi connectivity index (χ0v) is 17.4. The van der Waals surface area contributed by atoms with Crippen molar-refractivity contribution in [2.45, 2.75) is 12.5 Å². The Kier molecular flexibility index (Phi) is 6.12. The van der Waals surface area contributed by atoms with Crippen molar-refractivity contribution in [2.24, 2.45) is 0 Å². The smallest absolute Gasteiger partial charge is 0.344 e. The van der Waals surface area contributed by atoms with E-state index in [4.69, 9.17) is 9.15 Å². The first-order valence-electron chi connectivity index (χ1n) is 10.1. The first-order valence-corrected chi connectivity index (χ1v) is 10.1. The number of amides is 1. The number of nitrogens with one attached hydrogen (secondary N) is 1. The Morgan fingerprint density at radius 3 is 2.34 bits per heavy atom. The predicted molar refractivity (Wildman–Crippen MR) is 121 cm³/mol. The summed E-state index contributed by atoms with van der Waals surface area (Å²) in [6, 6.07) is 24.2. The first-order chi connectivity index (χ1) is 15.5. The third-order valence-electron chi connectivity index (χ3n) is 5.17. The minimum Gasteiger partial charge on any atom is -0.467 e. The summed E-state index contributed by atoms with van der Waals surface area (Å²) >= 11 is 0. The van der Waals surface area contributed by atoms with Gasteiger partial charge in [0.25, 0.3) is 5.91 Å². The van der Waals surface area contributed by atoms with Crippen molar-refractivity contribution in [1.82, 2.24) is 5.32 Å². The number of rotatable bonds is 6. The van der Waals surface area contributed by atoms with Gasteiger partial charge < -0.3 is 14.5 Å². The lowest BCUT2D eigenvalue weighted by Gasteiger charge is -2.17. The zero-order valence-electron chi connectivity index (χ0n) is 17.4. The minimum absolute atomic E-state index is 0.315. The molecule has 0 saturated carbocycles. The van der Waals surface area contributed by atoms with Crippen LogP contribution in [-0.2, 0) is 16.0 Å². The Labute approximate surface area is 184 Å². The molecule has 0 bridgehead atoms. The van der Waals surface area contributed by atoms with Crippen molar-refractivity contribution in [3.63, 3.8) is 0 Å². The molecule has 0 aliphatic heterocycles. The van der Waals surface area contributed by atoms with E-state index in [9.17, 15) is 14.4 Å². The van der Waals surface area contributed by atoms with Gasteiger partial charge in [-0.15, -0.1) is 0 Å². The molecule has 6 nitrogen and oxygen atoms in total. The van der Waals surface area contributed by atoms with Crippen molar-refractivity contribution in [3.8, 4) is 11.1 Å². The lowest BCUT2D eigenvalue weighted by molar-refractivity contribution is -0.142. The second kappa shape index (κ2) is 9.31. The molecule has 3 aromatic carbocycles. The van der Waals surface area contributed by atoms with Gasteiger partial charge in [0.15, 0.2) is 0 Å². The van der Waals surface area contributed by atoms with Crippen molar-refractivity contribution >= 4 is 22.8 Å². The highest BCUT2D eigenvalue weighted by atomic mass is 16.5. The maximum Gasteiger partial charge on any atom is 0.344 e. The number of para-hydroxylation sites is 1. The molecule has 0 spiro atoms. The molecule has 6 heteroatoms. The molecule has 0 saturated heterocycles. The summed E-state index contributed by atoms with van der Waals surface area (Å²) in [5.41, 5.74) is 2.38. The van der Waals surface area contributed by atoms with Crippen LogP contribution in [0.1, 0.15) is 15.9 Å². The number of benzene rings is 3. The zero-order chi connectivity index (χ0) is 22.5. The van der Waals surface area contributed by atoms with Crippen molar-refractivity contribution < 1.29 is 18.7 Å². The lowest BCUT2D eigenvalue weighted by atomic mass is 10.0. The number of fused-ring (bicyclic) bond motifs is 1. The van der Waals surface area contributed by atoms with Crippen LogP contribution >= 0.6 is 0 Å². The molecule has 1 amide bonds. The van der Waals surface area contributed by atoms with Gasteiger partial charge in [-0.05, 0) is 35.4 Å². The molecule has 32 heavy (non-hydrogen) atoms. The van der Waals surface area contributed by atoms with Gasteiger partial charge in [0.1, 0.15) is 11.6 Å². The number of hydrogen-bond acceptors (Lipinski definition) is 5. The number of carbonyl (C=O) groups is 2. The molecule has 1 aromatic heterocycles. The molecule has 0 aliphatic carbocycles. The molecule has 4 aromatic rings. The fourth-order valence-corrected chi connectivity index (χ4v) is 3.49. The van der Waals surface area contributed by atoms with E-state index < -0.39 is 23.5 Å². The standard InChI is InChI=1S/C26H21NO5/c1-31-26(30)22(15-17-7-3-2-4-8-17)27-24(28)19-13-11-18(12-14-19)21-16-20-9-5-6-10-23(20)32-25(21)29/h2-14,16,22H,15H2,1H3,(H,27,28). The van der Waals surface area contributed by atoms with E-state index in [1.54, 1.807) is 42.5 Å². The first kappa shape index (κ1) is 21.1. The van der Waals surface area contributed by atoms with Crippen LogP contribution < -0.4 is 10.9 Å². The SMILES string of the molecule is COC(=O)C(Cc1ccccc1)NC(=O)c1ccc(-c2cc3ccccc3oc2=O)cc1. The third kappa shape index (κ3) is 4.59. The van der Waals surface area contributed by atoms with Gasteiger partial charge in [-0.25, -0.2) is 9.59 Å². The molecule has 1 heterocycles. The maximum atomic E-state index is 12.8. The maximum absolute atomic E-state index is 12.8. The summed E-state index contributed by atoms with van der Waals surface area (Å²) in [6.45, 7) is 0. The Balaban J connectivity index is 1.54. The van der Waals surface area contributed by atoms with E-state index >= 15 is 0 Å². The lowest BCUT2D eigenvalue weighted by Crippen LogP contribution is -2.43. The Morgan fingerprint density at radius 1 is 0.938 bits per heavy atom. The van der Waals surface area contributed by atoms with Gasteiger partial charge in [0.05, 0.1) is 12.7 Å². The van der Waals surface area contributed by atoms with E-state index in [0.29, 0.717) is 28.7 Å². The predicted octanol–water partition coefficient (Wildman–Crippen LogP) is 3.97. The van der Waals surface area contributed by atoms with Gasteiger partial charge in [-0.1, -0.05) is 60.7 Å². The van der Waals surface area contributed by atoms with E-state index in [1.165, 1.54) is 7.11 Å². The van der Waals surface area contributed by atoms with Crippen LogP contribution in [0.25, 0.3) is 22.1 Å². The van der Waals surface area contributed by atoms with Crippen molar-refractivity contribution in [2.75, 3.05) is 7.11 Å². The molecule has 1 N–H and O–H groups in total. The van der Waals surface area contributed by atoms with Crippen LogP contribution in [-0.4, -0.2) is 25.0 Å². The molecular formula is C26H21NO5. The summed E-state index contributed by atoms with van der Waals surface area (Å²) in [6.07, 6.45) is 0.315. The number of carbonyl (C=O) groups excluding carboxylic acids is 2. The van der Waals surface area contributed by atoms with Crippen molar-refractivity contribution in [3.05, 3.63) is 106 Å². The number of hydrogen-bond donors (Lipinski definition) is 1. The van der Waals surface area contributed by atoms with Crippen molar-refractivity contribution in [1.29, 1.82) is 0 Å². The molecule has 1 unspecified atom stereocenters. The van der Waals surface area contributed by atoms with E-state index in [-0.39, 0.29) is 0 Å². The normalized spacial score (nSPS) is 11.7. The van der Waals surface area contributed by atoms with Gasteiger partial charge in [-0.3, -0.25) is 4.79 Å². The minimum atomic E-state index is -0.817. The van der Waals surface area contributed by atoms with E-state index in [1.807, 2.05) is 42.5 Å². The largest absolute Gasteiger partial charge is 0.467 e. The van der Waals surface area contributed by atoms with Crippen LogP contribution in [0.5, 0.6) is 0 Å². The Bertz CT molecular complexity index is 1310. The second-order valence-corrected chi connectivity index (χ2v) is 7.30. The number of esters is 1. The Morgan fingerprint density at radius 2 is 1.62 bits per heavy atom. The fraction of sp³-hybridized carbons (Fsp3) is 0.115. The second-order valence-electron chi connectivity index (χ2n) is 7.30. The van der Waals surface area contributed by atoms with Crippen LogP contribution in [0, 0.1) is 0 Å². The van der Waals surface area contributed by atoms with E-state index in [0.717, 1.165) is 10.9 Å². The average molecular weight is 427 g/mol. The van der Waals surface area contributed by atoms with Gasteiger partial charge >= 0.3 is 11.6 Å². The highest BCUT2D eigenvalue weighted by molar-refractivity contribution is 5.97. The fourth-order valence-electron chi connectivity index (χ4n) is 3.49.